The molecular weight excluding hydrogens is 559 g/mol. The predicted molar refractivity (Wildman–Crippen MR) is 168 cm³/mol. The molecule has 1 heterocycles. The molecule has 1 N–H and O–H groups in total. The zero-order valence-electron chi connectivity index (χ0n) is 25.6. The first-order valence-corrected chi connectivity index (χ1v) is 15.0. The van der Waals surface area contributed by atoms with E-state index < -0.39 is 11.6 Å². The van der Waals surface area contributed by atoms with Crippen LogP contribution in [0.1, 0.15) is 86.1 Å². The molecule has 0 saturated heterocycles. The second-order valence-electron chi connectivity index (χ2n) is 13.1. The second kappa shape index (κ2) is 12.7. The third-order valence-corrected chi connectivity index (χ3v) is 8.60. The first-order valence-electron chi connectivity index (χ1n) is 14.2. The van der Waals surface area contributed by atoms with Gasteiger partial charge in [-0.1, -0.05) is 82.1 Å². The molecule has 1 spiro atoms. The molecule has 0 radical (unpaired) electrons. The molecular formula is C33H44Cl2N2O4. The highest BCUT2D eigenvalue weighted by molar-refractivity contribution is 6.50. The van der Waals surface area contributed by atoms with E-state index in [2.05, 4.69) is 41.2 Å². The zero-order chi connectivity index (χ0) is 30.9. The Morgan fingerprint density at radius 1 is 1.20 bits per heavy atom. The number of hydrogen-bond acceptors (Lipinski definition) is 5. The number of hydrogen-bond donors (Lipinski definition) is 1. The molecule has 1 fully saturated rings. The van der Waals surface area contributed by atoms with Gasteiger partial charge in [-0.05, 0) is 80.9 Å². The van der Waals surface area contributed by atoms with Crippen LogP contribution in [0.25, 0.3) is 0 Å². The third kappa shape index (κ3) is 7.45. The van der Waals surface area contributed by atoms with E-state index in [1.54, 1.807) is 13.0 Å². The number of allylic oxidation sites excluding steroid dienone is 2. The fourth-order valence-electron chi connectivity index (χ4n) is 6.25. The van der Waals surface area contributed by atoms with Gasteiger partial charge in [-0.2, -0.15) is 0 Å². The van der Waals surface area contributed by atoms with Gasteiger partial charge in [-0.15, -0.1) is 0 Å². The second-order valence-corrected chi connectivity index (χ2v) is 13.9. The van der Waals surface area contributed by atoms with Gasteiger partial charge < -0.3 is 14.7 Å². The van der Waals surface area contributed by atoms with Crippen molar-refractivity contribution in [3.05, 3.63) is 63.2 Å². The number of amides is 1. The lowest BCUT2D eigenvalue weighted by molar-refractivity contribution is -0.136. The summed E-state index contributed by atoms with van der Waals surface area (Å²) in [5, 5.41) is 10.8. The topological polar surface area (TPSA) is 79.2 Å². The SMILES string of the molecule is C=C(C)C(=CC=C(C)C(=O)OC)C(CCC(C)(C)C)N1C(=O)C(c2cc(O)c(Cl)cc2Cl)=NC12CC(C)CC(C)C2. The molecule has 224 valence electrons. The van der Waals surface area contributed by atoms with Crippen LogP contribution < -0.4 is 0 Å². The number of halogens is 2. The number of phenolic OH excluding ortho intramolecular Hbond substituents is 1. The minimum absolute atomic E-state index is 0.00819. The number of nitrogens with zero attached hydrogens (tertiary/aromatic N) is 2. The van der Waals surface area contributed by atoms with Crippen molar-refractivity contribution in [3.63, 3.8) is 0 Å². The van der Waals surface area contributed by atoms with E-state index in [4.69, 9.17) is 32.9 Å². The number of phenols is 1. The summed E-state index contributed by atoms with van der Waals surface area (Å²) in [7, 11) is 1.35. The highest BCUT2D eigenvalue weighted by Crippen LogP contribution is 2.48. The van der Waals surface area contributed by atoms with Crippen LogP contribution in [-0.2, 0) is 14.3 Å². The fourth-order valence-corrected chi connectivity index (χ4v) is 6.73. The first-order chi connectivity index (χ1) is 19.0. The fraction of sp³-hybridized carbons (Fsp3) is 0.545. The summed E-state index contributed by atoms with van der Waals surface area (Å²) in [4.78, 5) is 33.9. The van der Waals surface area contributed by atoms with Crippen LogP contribution in [0.3, 0.4) is 0 Å². The van der Waals surface area contributed by atoms with Crippen LogP contribution >= 0.6 is 23.2 Å². The van der Waals surface area contributed by atoms with Gasteiger partial charge in [0, 0.05) is 11.1 Å². The molecule has 3 atom stereocenters. The summed E-state index contributed by atoms with van der Waals surface area (Å²) < 4.78 is 4.90. The van der Waals surface area contributed by atoms with Crippen LogP contribution in [0.15, 0.2) is 52.6 Å². The Balaban J connectivity index is 2.27. The van der Waals surface area contributed by atoms with E-state index in [1.165, 1.54) is 19.2 Å². The van der Waals surface area contributed by atoms with E-state index in [9.17, 15) is 14.7 Å². The van der Waals surface area contributed by atoms with Gasteiger partial charge in [-0.3, -0.25) is 9.79 Å². The predicted octanol–water partition coefficient (Wildman–Crippen LogP) is 8.30. The van der Waals surface area contributed by atoms with Crippen molar-refractivity contribution in [3.8, 4) is 5.75 Å². The summed E-state index contributed by atoms with van der Waals surface area (Å²) >= 11 is 12.7. The number of esters is 1. The largest absolute Gasteiger partial charge is 0.506 e. The Hall–Kier alpha value is -2.57. The van der Waals surface area contributed by atoms with Crippen molar-refractivity contribution in [1.82, 2.24) is 4.90 Å². The lowest BCUT2D eigenvalue weighted by Gasteiger charge is -2.48. The number of aliphatic imine (C=N–C) groups is 1. The molecule has 6 nitrogen and oxygen atoms in total. The zero-order valence-corrected chi connectivity index (χ0v) is 27.1. The Kier molecular flexibility index (Phi) is 10.2. The summed E-state index contributed by atoms with van der Waals surface area (Å²) in [6.45, 7) is 18.9. The number of methoxy groups -OCH3 is 1. The van der Waals surface area contributed by atoms with Gasteiger partial charge in [0.1, 0.15) is 17.1 Å². The minimum Gasteiger partial charge on any atom is -0.506 e. The number of carbonyl (C=O) groups excluding carboxylic acids is 2. The molecule has 2 aliphatic rings. The third-order valence-electron chi connectivity index (χ3n) is 7.99. The van der Waals surface area contributed by atoms with Crippen molar-refractivity contribution in [2.75, 3.05) is 7.11 Å². The van der Waals surface area contributed by atoms with Crippen molar-refractivity contribution >= 4 is 40.8 Å². The van der Waals surface area contributed by atoms with Gasteiger partial charge >= 0.3 is 5.97 Å². The highest BCUT2D eigenvalue weighted by Gasteiger charge is 2.53. The molecule has 1 aromatic rings. The average Bonchev–Trinajstić information content (AvgIpc) is 3.11. The van der Waals surface area contributed by atoms with Gasteiger partial charge in [0.2, 0.25) is 0 Å². The smallest absolute Gasteiger partial charge is 0.333 e. The van der Waals surface area contributed by atoms with E-state index in [0.29, 0.717) is 42.2 Å². The maximum Gasteiger partial charge on any atom is 0.333 e. The summed E-state index contributed by atoms with van der Waals surface area (Å²) in [5.41, 5.74) is 1.91. The molecule has 1 saturated carbocycles. The molecule has 41 heavy (non-hydrogen) atoms. The van der Waals surface area contributed by atoms with Crippen molar-refractivity contribution < 1.29 is 19.4 Å². The number of ether oxygens (including phenoxy) is 1. The van der Waals surface area contributed by atoms with Crippen LogP contribution in [0.2, 0.25) is 10.0 Å². The molecule has 1 aromatic carbocycles. The van der Waals surface area contributed by atoms with Gasteiger partial charge in [-0.25, -0.2) is 4.79 Å². The molecule has 0 bridgehead atoms. The highest BCUT2D eigenvalue weighted by atomic mass is 35.5. The molecule has 1 aliphatic heterocycles. The number of benzene rings is 1. The van der Waals surface area contributed by atoms with E-state index >= 15 is 0 Å². The summed E-state index contributed by atoms with van der Waals surface area (Å²) in [6.07, 6.45) is 7.59. The Bertz CT molecular complexity index is 1290. The molecule has 8 heteroatoms. The van der Waals surface area contributed by atoms with Crippen LogP contribution in [0.5, 0.6) is 5.75 Å². The first kappa shape index (κ1) is 32.9. The van der Waals surface area contributed by atoms with Crippen LogP contribution in [-0.4, -0.2) is 46.4 Å². The standard InChI is InChI=1S/C33H44Cl2N2O4/c1-19(2)23(11-10-22(5)31(40)41-9)27(12-13-32(6,7)8)37-30(39)29(24-15-28(38)26(35)16-25(24)34)36-33(37)17-20(3)14-21(4)18-33/h10-11,15-16,20-21,27,38H,1,12-14,17-18H2,2-9H3. The minimum atomic E-state index is -0.791. The Morgan fingerprint density at radius 3 is 2.34 bits per heavy atom. The van der Waals surface area contributed by atoms with Gasteiger partial charge in [0.05, 0.1) is 23.2 Å². The van der Waals surface area contributed by atoms with Crippen molar-refractivity contribution in [1.29, 1.82) is 0 Å². The number of rotatable bonds is 8. The summed E-state index contributed by atoms with van der Waals surface area (Å²) in [5.74, 6) is -0.134. The number of aromatic hydroxyl groups is 1. The number of carbonyl (C=O) groups is 2. The van der Waals surface area contributed by atoms with Crippen molar-refractivity contribution in [2.24, 2.45) is 22.2 Å². The molecule has 0 aromatic heterocycles. The maximum atomic E-state index is 14.6. The van der Waals surface area contributed by atoms with Crippen LogP contribution in [0, 0.1) is 17.3 Å². The van der Waals surface area contributed by atoms with E-state index in [1.807, 2.05) is 17.9 Å². The molecule has 3 unspecified atom stereocenters. The molecule has 3 rings (SSSR count). The van der Waals surface area contributed by atoms with Crippen molar-refractivity contribution in [2.45, 2.75) is 92.3 Å². The normalized spacial score (nSPS) is 24.5. The maximum absolute atomic E-state index is 14.6. The lowest BCUT2D eigenvalue weighted by atomic mass is 9.74. The molecule has 1 amide bonds. The van der Waals surface area contributed by atoms with Gasteiger partial charge in [0.15, 0.2) is 0 Å². The molecule has 1 aliphatic carbocycles. The lowest BCUT2D eigenvalue weighted by Crippen LogP contribution is -2.56. The summed E-state index contributed by atoms with van der Waals surface area (Å²) in [6, 6.07) is 2.51. The van der Waals surface area contributed by atoms with E-state index in [-0.39, 0.29) is 38.9 Å². The Morgan fingerprint density at radius 2 is 1.80 bits per heavy atom. The quantitative estimate of drug-likeness (QED) is 0.184. The Labute approximate surface area is 255 Å². The van der Waals surface area contributed by atoms with Gasteiger partial charge in [0.25, 0.3) is 5.91 Å². The average molecular weight is 604 g/mol. The van der Waals surface area contributed by atoms with E-state index in [0.717, 1.165) is 24.0 Å². The van der Waals surface area contributed by atoms with Crippen LogP contribution in [0.4, 0.5) is 0 Å². The monoisotopic (exact) mass is 602 g/mol.